The highest BCUT2D eigenvalue weighted by atomic mass is 35.5. The fourth-order valence-corrected chi connectivity index (χ4v) is 3.07. The van der Waals surface area contributed by atoms with Crippen molar-refractivity contribution in [3.8, 4) is 0 Å². The van der Waals surface area contributed by atoms with Gasteiger partial charge in [0.1, 0.15) is 5.17 Å². The summed E-state index contributed by atoms with van der Waals surface area (Å²) in [6.45, 7) is 3.46. The molecule has 0 spiro atoms. The number of ether oxygens (including phenoxy) is 1. The Morgan fingerprint density at radius 1 is 1.54 bits per heavy atom. The maximum atomic E-state index is 12.6. The van der Waals surface area contributed by atoms with Crippen molar-refractivity contribution in [3.05, 3.63) is 63.0 Å². The Morgan fingerprint density at radius 2 is 2.25 bits per heavy atom. The summed E-state index contributed by atoms with van der Waals surface area (Å²) in [6, 6.07) is 5.93. The number of halogens is 1. The lowest BCUT2D eigenvalue weighted by Gasteiger charge is -2.27. The first-order valence-corrected chi connectivity index (χ1v) is 8.92. The molecule has 1 aliphatic heterocycles. The number of allylic oxidation sites excluding steroid dienone is 2. The van der Waals surface area contributed by atoms with Crippen molar-refractivity contribution < 1.29 is 14.5 Å². The van der Waals surface area contributed by atoms with Crippen LogP contribution in [-0.4, -0.2) is 27.8 Å². The van der Waals surface area contributed by atoms with Crippen LogP contribution in [0, 0.1) is 10.1 Å². The molecule has 148 valence electrons. The predicted octanol–water partition coefficient (Wildman–Crippen LogP) is 2.39. The summed E-state index contributed by atoms with van der Waals surface area (Å²) < 4.78 is 5.16. The monoisotopic (exact) mass is 423 g/mol. The lowest BCUT2D eigenvalue weighted by molar-refractivity contribution is -0.384. The second-order valence-corrected chi connectivity index (χ2v) is 6.44. The molecular formula is C17H18ClN5O4S. The number of carbonyl (C=O) groups is 1. The molecule has 4 N–H and O–H groups in total. The summed E-state index contributed by atoms with van der Waals surface area (Å²) in [5.41, 5.74) is 11.9. The molecule has 11 heteroatoms. The number of hydrazine groups is 1. The minimum Gasteiger partial charge on any atom is -0.463 e. The van der Waals surface area contributed by atoms with Gasteiger partial charge in [-0.05, 0) is 31.6 Å². The number of hydrogen-bond donors (Lipinski definition) is 3. The number of nitro groups is 1. The number of carbonyl (C=O) groups excluding carboxylic acids is 1. The van der Waals surface area contributed by atoms with Crippen molar-refractivity contribution in [2.75, 3.05) is 6.61 Å². The zero-order valence-corrected chi connectivity index (χ0v) is 16.6. The zero-order chi connectivity index (χ0) is 20.8. The molecule has 0 amide bonds. The molecule has 1 atom stereocenters. The molecule has 1 heterocycles. The van der Waals surface area contributed by atoms with E-state index in [0.717, 1.165) is 0 Å². The number of hydrogen-bond acceptors (Lipinski definition) is 7. The summed E-state index contributed by atoms with van der Waals surface area (Å²) in [5, 5.41) is 11.3. The number of nitro benzene ring substituents is 1. The molecule has 0 radical (unpaired) electrons. The first-order chi connectivity index (χ1) is 13.3. The van der Waals surface area contributed by atoms with Gasteiger partial charge in [-0.15, -0.1) is 0 Å². The Kier molecular flexibility index (Phi) is 7.07. The molecule has 0 saturated heterocycles. The van der Waals surface area contributed by atoms with E-state index in [4.69, 9.17) is 34.3 Å². The average molecular weight is 424 g/mol. The van der Waals surface area contributed by atoms with E-state index in [1.807, 2.05) is 0 Å². The van der Waals surface area contributed by atoms with E-state index in [0.29, 0.717) is 16.8 Å². The van der Waals surface area contributed by atoms with E-state index < -0.39 is 16.8 Å². The van der Waals surface area contributed by atoms with Gasteiger partial charge in [-0.1, -0.05) is 23.7 Å². The highest BCUT2D eigenvalue weighted by Gasteiger charge is 2.35. The highest BCUT2D eigenvalue weighted by molar-refractivity contribution is 7.80. The largest absolute Gasteiger partial charge is 0.463 e. The quantitative estimate of drug-likeness (QED) is 0.275. The molecule has 0 aromatic heterocycles. The van der Waals surface area contributed by atoms with Crippen molar-refractivity contribution in [2.24, 2.45) is 10.7 Å². The number of rotatable bonds is 6. The van der Waals surface area contributed by atoms with Gasteiger partial charge >= 0.3 is 5.97 Å². The summed E-state index contributed by atoms with van der Waals surface area (Å²) in [6.07, 6.45) is 1.44. The van der Waals surface area contributed by atoms with Gasteiger partial charge in [0, 0.05) is 29.8 Å². The lowest BCUT2D eigenvalue weighted by atomic mass is 9.82. The highest BCUT2D eigenvalue weighted by Crippen LogP contribution is 2.40. The molecule has 0 aliphatic carbocycles. The number of benzene rings is 1. The predicted molar refractivity (Wildman–Crippen MR) is 110 cm³/mol. The van der Waals surface area contributed by atoms with E-state index >= 15 is 0 Å². The van der Waals surface area contributed by atoms with Crippen LogP contribution in [-0.2, 0) is 9.53 Å². The van der Waals surface area contributed by atoms with Gasteiger partial charge in [0.05, 0.1) is 22.8 Å². The number of nitrogens with zero attached hydrogens (tertiary/aromatic N) is 2. The van der Waals surface area contributed by atoms with Crippen molar-refractivity contribution in [1.29, 1.82) is 0 Å². The lowest BCUT2D eigenvalue weighted by Crippen LogP contribution is -2.38. The number of aliphatic imine (C=N–C) groups is 1. The average Bonchev–Trinajstić information content (AvgIpc) is 2.62. The van der Waals surface area contributed by atoms with Crippen LogP contribution < -0.4 is 16.6 Å². The van der Waals surface area contributed by atoms with E-state index in [-0.39, 0.29) is 28.2 Å². The Hall–Kier alpha value is -2.98. The Labute approximate surface area is 171 Å². The van der Waals surface area contributed by atoms with Gasteiger partial charge in [-0.3, -0.25) is 15.5 Å². The number of nitrogens with one attached hydrogen (secondary N) is 2. The van der Waals surface area contributed by atoms with Crippen LogP contribution in [0.1, 0.15) is 25.3 Å². The topological polar surface area (TPSA) is 132 Å². The van der Waals surface area contributed by atoms with Gasteiger partial charge < -0.3 is 15.9 Å². The molecule has 9 nitrogen and oxygen atoms in total. The number of non-ortho nitro benzene ring substituents is 1. The molecule has 0 bridgehead atoms. The Morgan fingerprint density at radius 3 is 2.86 bits per heavy atom. The first kappa shape index (κ1) is 21.3. The fraction of sp³-hybridized carbons (Fsp3) is 0.235. The van der Waals surface area contributed by atoms with E-state index in [1.165, 1.54) is 24.4 Å². The molecule has 0 saturated carbocycles. The smallest absolute Gasteiger partial charge is 0.336 e. The number of thiocarbonyl (C=S) groups is 1. The van der Waals surface area contributed by atoms with Crippen molar-refractivity contribution in [3.63, 3.8) is 0 Å². The van der Waals surface area contributed by atoms with Gasteiger partial charge in [-0.25, -0.2) is 9.79 Å². The van der Waals surface area contributed by atoms with Crippen LogP contribution in [0.3, 0.4) is 0 Å². The normalized spacial score (nSPS) is 17.8. The van der Waals surface area contributed by atoms with E-state index in [1.54, 1.807) is 19.9 Å². The van der Waals surface area contributed by atoms with Gasteiger partial charge in [0.2, 0.25) is 0 Å². The SMILES string of the molecule is CCOC(=O)C1=C(C)N=C(Cl)/C(=C\NNC(N)=S)C1c1cccc([N+](=O)[O-])c1. The second-order valence-electron chi connectivity index (χ2n) is 5.64. The van der Waals surface area contributed by atoms with Crippen molar-refractivity contribution in [2.45, 2.75) is 19.8 Å². The molecule has 2 rings (SSSR count). The Bertz CT molecular complexity index is 913. The van der Waals surface area contributed by atoms with Crippen LogP contribution >= 0.6 is 23.8 Å². The number of nitrogens with two attached hydrogens (primary N) is 1. The maximum absolute atomic E-state index is 12.6. The van der Waals surface area contributed by atoms with Gasteiger partial charge in [-0.2, -0.15) is 0 Å². The molecule has 1 unspecified atom stereocenters. The van der Waals surface area contributed by atoms with Crippen molar-refractivity contribution in [1.82, 2.24) is 10.9 Å². The minimum absolute atomic E-state index is 0.00930. The third kappa shape index (κ3) is 4.84. The molecule has 0 fully saturated rings. The van der Waals surface area contributed by atoms with Crippen molar-refractivity contribution >= 4 is 45.8 Å². The summed E-state index contributed by atoms with van der Waals surface area (Å²) in [7, 11) is 0. The van der Waals surface area contributed by atoms with E-state index in [9.17, 15) is 14.9 Å². The van der Waals surface area contributed by atoms with Crippen LogP contribution in [0.25, 0.3) is 0 Å². The van der Waals surface area contributed by atoms with E-state index in [2.05, 4.69) is 15.8 Å². The Balaban J connectivity index is 2.63. The second kappa shape index (κ2) is 9.29. The summed E-state index contributed by atoms with van der Waals surface area (Å²) in [4.78, 5) is 27.5. The molecular weight excluding hydrogens is 406 g/mol. The van der Waals surface area contributed by atoms with Crippen LogP contribution in [0.15, 0.2) is 52.3 Å². The zero-order valence-electron chi connectivity index (χ0n) is 15.1. The molecule has 1 aromatic carbocycles. The third-order valence-corrected chi connectivity index (χ3v) is 4.23. The van der Waals surface area contributed by atoms with Gasteiger partial charge in [0.15, 0.2) is 5.11 Å². The van der Waals surface area contributed by atoms with Crippen LogP contribution in [0.5, 0.6) is 0 Å². The van der Waals surface area contributed by atoms with Crippen LogP contribution in [0.2, 0.25) is 0 Å². The molecule has 1 aromatic rings. The maximum Gasteiger partial charge on any atom is 0.336 e. The standard InChI is InChI=1S/C17H18ClN5O4S/c1-3-27-16(24)13-9(2)21-15(18)12(8-20-22-17(19)28)14(13)10-5-4-6-11(7-10)23(25)26/h4-8,14,20H,3H2,1-2H3,(H3,19,22,28)/b12-8-. The van der Waals surface area contributed by atoms with Gasteiger partial charge in [0.25, 0.3) is 5.69 Å². The first-order valence-electron chi connectivity index (χ1n) is 8.14. The minimum atomic E-state index is -0.746. The van der Waals surface area contributed by atoms with Crippen LogP contribution in [0.4, 0.5) is 5.69 Å². The molecule has 28 heavy (non-hydrogen) atoms. The number of esters is 1. The summed E-state index contributed by atoms with van der Waals surface area (Å²) >= 11 is 11.0. The third-order valence-electron chi connectivity index (χ3n) is 3.83. The molecule has 1 aliphatic rings. The fourth-order valence-electron chi connectivity index (χ4n) is 2.72. The summed E-state index contributed by atoms with van der Waals surface area (Å²) in [5.74, 6) is -1.33.